The fourth-order valence-corrected chi connectivity index (χ4v) is 3.35. The summed E-state index contributed by atoms with van der Waals surface area (Å²) in [6, 6.07) is 8.72. The number of thiophene rings is 1. The summed E-state index contributed by atoms with van der Waals surface area (Å²) < 4.78 is 13.9. The van der Waals surface area contributed by atoms with Gasteiger partial charge in [0.25, 0.3) is 0 Å². The predicted octanol–water partition coefficient (Wildman–Crippen LogP) is 3.96. The molecule has 0 aliphatic rings. The number of hydrogen-bond donors (Lipinski definition) is 1. The fraction of sp³-hybridized carbons (Fsp3) is 0.167. The maximum atomic E-state index is 12.8. The van der Waals surface area contributed by atoms with Crippen molar-refractivity contribution in [2.24, 2.45) is 0 Å². The lowest BCUT2D eigenvalue weighted by Crippen LogP contribution is -2.16. The van der Waals surface area contributed by atoms with Gasteiger partial charge in [-0.3, -0.25) is 0 Å². The molecule has 0 saturated heterocycles. The minimum Gasteiger partial charge on any atom is -0.309 e. The Labute approximate surface area is 106 Å². The molecule has 4 heteroatoms. The van der Waals surface area contributed by atoms with E-state index in [1.165, 1.54) is 17.0 Å². The van der Waals surface area contributed by atoms with E-state index >= 15 is 0 Å². The van der Waals surface area contributed by atoms with Crippen LogP contribution in [0.3, 0.4) is 0 Å². The van der Waals surface area contributed by atoms with Crippen molar-refractivity contribution >= 4 is 27.3 Å². The molecule has 1 heterocycles. The van der Waals surface area contributed by atoms with Gasteiger partial charge in [0.1, 0.15) is 5.82 Å². The Balaban J connectivity index is 2.37. The molecule has 1 atom stereocenters. The molecule has 1 unspecified atom stereocenters. The second-order valence-electron chi connectivity index (χ2n) is 3.41. The molecule has 0 amide bonds. The molecule has 2 aromatic rings. The zero-order valence-electron chi connectivity index (χ0n) is 8.71. The first-order valence-corrected chi connectivity index (χ1v) is 6.55. The van der Waals surface area contributed by atoms with E-state index in [4.69, 9.17) is 0 Å². The Kier molecular flexibility index (Phi) is 3.74. The molecule has 0 spiro atoms. The van der Waals surface area contributed by atoms with Gasteiger partial charge in [-0.25, -0.2) is 4.39 Å². The molecule has 0 fully saturated rings. The number of halogens is 2. The molecule has 2 rings (SSSR count). The van der Waals surface area contributed by atoms with E-state index in [0.29, 0.717) is 0 Å². The van der Waals surface area contributed by atoms with Crippen LogP contribution < -0.4 is 5.32 Å². The third kappa shape index (κ3) is 2.34. The Bertz CT molecular complexity index is 466. The van der Waals surface area contributed by atoms with Crippen LogP contribution in [0.2, 0.25) is 0 Å². The summed E-state index contributed by atoms with van der Waals surface area (Å²) in [7, 11) is 1.90. The van der Waals surface area contributed by atoms with E-state index in [2.05, 4.69) is 21.2 Å². The van der Waals surface area contributed by atoms with Crippen LogP contribution in [0.15, 0.2) is 40.2 Å². The van der Waals surface area contributed by atoms with Gasteiger partial charge in [-0.05, 0) is 52.1 Å². The summed E-state index contributed by atoms with van der Waals surface area (Å²) in [6.07, 6.45) is 0. The second-order valence-corrected chi connectivity index (χ2v) is 5.21. The van der Waals surface area contributed by atoms with E-state index in [-0.39, 0.29) is 11.9 Å². The smallest absolute Gasteiger partial charge is 0.123 e. The van der Waals surface area contributed by atoms with Crippen LogP contribution in [-0.4, -0.2) is 7.05 Å². The van der Waals surface area contributed by atoms with E-state index in [0.717, 1.165) is 10.0 Å². The molecule has 0 saturated carbocycles. The molecule has 1 nitrogen and oxygen atoms in total. The van der Waals surface area contributed by atoms with Crippen molar-refractivity contribution in [2.45, 2.75) is 6.04 Å². The van der Waals surface area contributed by atoms with Crippen LogP contribution in [0, 0.1) is 5.82 Å². The predicted molar refractivity (Wildman–Crippen MR) is 69.3 cm³/mol. The monoisotopic (exact) mass is 299 g/mol. The molecule has 16 heavy (non-hydrogen) atoms. The van der Waals surface area contributed by atoms with Gasteiger partial charge >= 0.3 is 0 Å². The summed E-state index contributed by atoms with van der Waals surface area (Å²) in [5, 5.41) is 5.27. The molecule has 0 bridgehead atoms. The molecule has 1 N–H and O–H groups in total. The van der Waals surface area contributed by atoms with Crippen molar-refractivity contribution in [3.05, 3.63) is 56.4 Å². The SMILES string of the molecule is CNC(c1ccc(F)cc1)c1sccc1Br. The fourth-order valence-electron chi connectivity index (χ4n) is 1.62. The summed E-state index contributed by atoms with van der Waals surface area (Å²) in [5.41, 5.74) is 1.06. The van der Waals surface area contributed by atoms with Gasteiger partial charge in [0.2, 0.25) is 0 Å². The van der Waals surface area contributed by atoms with Gasteiger partial charge in [-0.15, -0.1) is 11.3 Å². The number of benzene rings is 1. The van der Waals surface area contributed by atoms with E-state index in [1.54, 1.807) is 11.3 Å². The minimum absolute atomic E-state index is 0.106. The summed E-state index contributed by atoms with van der Waals surface area (Å²) in [4.78, 5) is 1.20. The molecule has 1 aromatic heterocycles. The lowest BCUT2D eigenvalue weighted by Gasteiger charge is -2.15. The number of rotatable bonds is 3. The molecular weight excluding hydrogens is 289 g/mol. The van der Waals surface area contributed by atoms with Gasteiger partial charge in [0, 0.05) is 9.35 Å². The average molecular weight is 300 g/mol. The van der Waals surface area contributed by atoms with Crippen LogP contribution in [-0.2, 0) is 0 Å². The Hall–Kier alpha value is -0.710. The average Bonchev–Trinajstić information content (AvgIpc) is 2.69. The van der Waals surface area contributed by atoms with Crippen LogP contribution in [0.4, 0.5) is 4.39 Å². The third-order valence-electron chi connectivity index (χ3n) is 2.40. The van der Waals surface area contributed by atoms with Crippen molar-refractivity contribution in [3.63, 3.8) is 0 Å². The lowest BCUT2D eigenvalue weighted by atomic mass is 10.1. The Morgan fingerprint density at radius 2 is 1.94 bits per heavy atom. The standard InChI is InChI=1S/C12H11BrFNS/c1-15-11(12-10(13)6-7-16-12)8-2-4-9(14)5-3-8/h2-7,11,15H,1H3. The molecule has 0 aliphatic carbocycles. The maximum Gasteiger partial charge on any atom is 0.123 e. The van der Waals surface area contributed by atoms with Crippen molar-refractivity contribution in [1.29, 1.82) is 0 Å². The topological polar surface area (TPSA) is 12.0 Å². The van der Waals surface area contributed by atoms with Gasteiger partial charge in [0.15, 0.2) is 0 Å². The van der Waals surface area contributed by atoms with Crippen molar-refractivity contribution in [1.82, 2.24) is 5.32 Å². The lowest BCUT2D eigenvalue weighted by molar-refractivity contribution is 0.624. The molecule has 0 aliphatic heterocycles. The summed E-state index contributed by atoms with van der Waals surface area (Å²) in [5.74, 6) is -0.205. The van der Waals surface area contributed by atoms with Gasteiger partial charge < -0.3 is 5.32 Å². The molecule has 0 radical (unpaired) electrons. The van der Waals surface area contributed by atoms with Crippen LogP contribution >= 0.6 is 27.3 Å². The molecule has 1 aromatic carbocycles. The van der Waals surface area contributed by atoms with Gasteiger partial charge in [-0.2, -0.15) is 0 Å². The van der Waals surface area contributed by atoms with Gasteiger partial charge in [-0.1, -0.05) is 12.1 Å². The highest BCUT2D eigenvalue weighted by Gasteiger charge is 2.15. The van der Waals surface area contributed by atoms with Gasteiger partial charge in [0.05, 0.1) is 6.04 Å². The highest BCUT2D eigenvalue weighted by molar-refractivity contribution is 9.10. The highest BCUT2D eigenvalue weighted by atomic mass is 79.9. The normalized spacial score (nSPS) is 12.7. The number of hydrogen-bond acceptors (Lipinski definition) is 2. The summed E-state index contributed by atoms with van der Waals surface area (Å²) in [6.45, 7) is 0. The first-order chi connectivity index (χ1) is 7.72. The van der Waals surface area contributed by atoms with Crippen LogP contribution in [0.5, 0.6) is 0 Å². The largest absolute Gasteiger partial charge is 0.309 e. The quantitative estimate of drug-likeness (QED) is 0.905. The van der Waals surface area contributed by atoms with Crippen LogP contribution in [0.25, 0.3) is 0 Å². The van der Waals surface area contributed by atoms with Crippen molar-refractivity contribution in [3.8, 4) is 0 Å². The second kappa shape index (κ2) is 5.08. The maximum absolute atomic E-state index is 12.8. The van der Waals surface area contributed by atoms with E-state index < -0.39 is 0 Å². The first kappa shape index (κ1) is 11.8. The van der Waals surface area contributed by atoms with E-state index in [9.17, 15) is 4.39 Å². The molecular formula is C12H11BrFNS. The van der Waals surface area contributed by atoms with E-state index in [1.807, 2.05) is 30.6 Å². The zero-order valence-corrected chi connectivity index (χ0v) is 11.1. The Morgan fingerprint density at radius 1 is 1.25 bits per heavy atom. The first-order valence-electron chi connectivity index (χ1n) is 4.88. The van der Waals surface area contributed by atoms with Crippen LogP contribution in [0.1, 0.15) is 16.5 Å². The van der Waals surface area contributed by atoms with Crippen molar-refractivity contribution < 1.29 is 4.39 Å². The molecule has 84 valence electrons. The third-order valence-corrected chi connectivity index (χ3v) is 4.33. The summed E-state index contributed by atoms with van der Waals surface area (Å²) >= 11 is 5.19. The highest BCUT2D eigenvalue weighted by Crippen LogP contribution is 2.32. The zero-order chi connectivity index (χ0) is 11.5. The van der Waals surface area contributed by atoms with Crippen molar-refractivity contribution in [2.75, 3.05) is 7.05 Å². The Morgan fingerprint density at radius 3 is 2.44 bits per heavy atom. The minimum atomic E-state index is -0.205. The number of nitrogens with one attached hydrogen (secondary N) is 1.